The van der Waals surface area contributed by atoms with E-state index in [4.69, 9.17) is 14.2 Å². The molecule has 0 aromatic heterocycles. The smallest absolute Gasteiger partial charge is 0.335 e. The van der Waals surface area contributed by atoms with E-state index in [2.05, 4.69) is 6.58 Å². The third kappa shape index (κ3) is 4.33. The lowest BCUT2D eigenvalue weighted by molar-refractivity contribution is -0.289. The fraction of sp³-hybridized carbons (Fsp3) is 0.750. The first-order valence-corrected chi connectivity index (χ1v) is 5.59. The molecule has 0 aliphatic carbocycles. The van der Waals surface area contributed by atoms with Crippen LogP contribution in [0.2, 0.25) is 0 Å². The number of esters is 1. The average Bonchev–Trinajstić information content (AvgIpc) is 2.17. The minimum absolute atomic E-state index is 0.276. The molecule has 0 bridgehead atoms. The summed E-state index contributed by atoms with van der Waals surface area (Å²) in [5, 5.41) is 0. The molecule has 0 amide bonds. The van der Waals surface area contributed by atoms with E-state index in [1.54, 1.807) is 20.8 Å². The molecule has 1 aliphatic heterocycles. The molecule has 4 heteroatoms. The normalized spacial score (nSPS) is 21.6. The van der Waals surface area contributed by atoms with Gasteiger partial charge in [0, 0.05) is 26.0 Å². The molecule has 1 unspecified atom stereocenters. The van der Waals surface area contributed by atoms with Crippen molar-refractivity contribution < 1.29 is 19.0 Å². The van der Waals surface area contributed by atoms with Crippen molar-refractivity contribution in [2.75, 3.05) is 6.61 Å². The van der Waals surface area contributed by atoms with Crippen LogP contribution in [0.4, 0.5) is 0 Å². The van der Waals surface area contributed by atoms with E-state index < -0.39 is 11.8 Å². The van der Waals surface area contributed by atoms with Gasteiger partial charge in [-0.2, -0.15) is 0 Å². The third-order valence-corrected chi connectivity index (χ3v) is 2.24. The van der Waals surface area contributed by atoms with Crippen LogP contribution < -0.4 is 0 Å². The maximum atomic E-state index is 11.4. The summed E-state index contributed by atoms with van der Waals surface area (Å²) in [6.45, 7) is 9.24. The van der Waals surface area contributed by atoms with Crippen molar-refractivity contribution in [1.29, 1.82) is 0 Å². The van der Waals surface area contributed by atoms with Gasteiger partial charge in [-0.15, -0.1) is 0 Å². The van der Waals surface area contributed by atoms with Crippen molar-refractivity contribution in [2.24, 2.45) is 0 Å². The number of carbonyl (C=O) groups is 1. The fourth-order valence-electron chi connectivity index (χ4n) is 1.46. The van der Waals surface area contributed by atoms with Gasteiger partial charge in [-0.05, 0) is 26.2 Å². The summed E-state index contributed by atoms with van der Waals surface area (Å²) in [6.07, 6.45) is 2.70. The Labute approximate surface area is 96.6 Å². The molecule has 0 spiro atoms. The van der Waals surface area contributed by atoms with E-state index in [9.17, 15) is 4.79 Å². The van der Waals surface area contributed by atoms with Crippen LogP contribution >= 0.6 is 0 Å². The maximum Gasteiger partial charge on any atom is 0.335 e. The minimum atomic E-state index is -0.974. The summed E-state index contributed by atoms with van der Waals surface area (Å²) < 4.78 is 16.2. The molecule has 1 aliphatic rings. The summed E-state index contributed by atoms with van der Waals surface area (Å²) in [7, 11) is 0. The quantitative estimate of drug-likeness (QED) is 0.421. The highest BCUT2D eigenvalue weighted by Crippen LogP contribution is 2.22. The molecular weight excluding hydrogens is 208 g/mol. The summed E-state index contributed by atoms with van der Waals surface area (Å²) >= 11 is 0. The highest BCUT2D eigenvalue weighted by atomic mass is 16.8. The standard InChI is InChI=1S/C12H20O4/c1-9(2)11(13)16-12(3,4)15-10-7-5-6-8-14-10/h10H,1,5-8H2,2-4H3. The summed E-state index contributed by atoms with van der Waals surface area (Å²) in [5.74, 6) is -1.42. The molecule has 1 saturated heterocycles. The second-order valence-electron chi connectivity index (χ2n) is 4.48. The van der Waals surface area contributed by atoms with Crippen LogP contribution in [0.15, 0.2) is 12.2 Å². The van der Waals surface area contributed by atoms with Crippen LogP contribution in [-0.4, -0.2) is 24.7 Å². The van der Waals surface area contributed by atoms with Crippen LogP contribution in [0.5, 0.6) is 0 Å². The zero-order chi connectivity index (χ0) is 12.2. The highest BCUT2D eigenvalue weighted by Gasteiger charge is 2.29. The molecular formula is C12H20O4. The molecule has 1 fully saturated rings. The summed E-state index contributed by atoms with van der Waals surface area (Å²) in [6, 6.07) is 0. The second-order valence-corrected chi connectivity index (χ2v) is 4.48. The maximum absolute atomic E-state index is 11.4. The van der Waals surface area contributed by atoms with Crippen molar-refractivity contribution in [3.63, 3.8) is 0 Å². The van der Waals surface area contributed by atoms with Crippen molar-refractivity contribution in [2.45, 2.75) is 52.1 Å². The lowest BCUT2D eigenvalue weighted by atomic mass is 10.2. The van der Waals surface area contributed by atoms with Crippen molar-refractivity contribution in [1.82, 2.24) is 0 Å². The topological polar surface area (TPSA) is 44.8 Å². The molecule has 1 atom stereocenters. The van der Waals surface area contributed by atoms with E-state index in [1.807, 2.05) is 0 Å². The van der Waals surface area contributed by atoms with Gasteiger partial charge in [-0.25, -0.2) is 4.79 Å². The summed E-state index contributed by atoms with van der Waals surface area (Å²) in [5.41, 5.74) is 0.362. The number of hydrogen-bond donors (Lipinski definition) is 0. The zero-order valence-corrected chi connectivity index (χ0v) is 10.2. The second kappa shape index (κ2) is 5.46. The Morgan fingerprint density at radius 1 is 1.44 bits per heavy atom. The van der Waals surface area contributed by atoms with Crippen LogP contribution in [0.25, 0.3) is 0 Å². The Morgan fingerprint density at radius 3 is 2.62 bits per heavy atom. The number of hydrogen-bond acceptors (Lipinski definition) is 4. The predicted molar refractivity (Wildman–Crippen MR) is 59.7 cm³/mol. The Balaban J connectivity index is 2.43. The van der Waals surface area contributed by atoms with E-state index in [1.165, 1.54) is 0 Å². The zero-order valence-electron chi connectivity index (χ0n) is 10.2. The SMILES string of the molecule is C=C(C)C(=O)OC(C)(C)OC1CCCCO1. The van der Waals surface area contributed by atoms with Gasteiger partial charge in [0.05, 0.1) is 0 Å². The first-order valence-electron chi connectivity index (χ1n) is 5.59. The van der Waals surface area contributed by atoms with Crippen LogP contribution in [0.1, 0.15) is 40.0 Å². The number of ether oxygens (including phenoxy) is 3. The first-order chi connectivity index (χ1) is 7.41. The van der Waals surface area contributed by atoms with E-state index in [-0.39, 0.29) is 6.29 Å². The molecule has 0 aromatic carbocycles. The van der Waals surface area contributed by atoms with Crippen LogP contribution in [-0.2, 0) is 19.0 Å². The average molecular weight is 228 g/mol. The van der Waals surface area contributed by atoms with E-state index in [0.717, 1.165) is 19.3 Å². The van der Waals surface area contributed by atoms with Crippen molar-refractivity contribution in [3.05, 3.63) is 12.2 Å². The Hall–Kier alpha value is -0.870. The van der Waals surface area contributed by atoms with Gasteiger partial charge in [-0.1, -0.05) is 6.58 Å². The van der Waals surface area contributed by atoms with Crippen LogP contribution in [0, 0.1) is 0 Å². The molecule has 0 saturated carbocycles. The molecule has 0 radical (unpaired) electrons. The molecule has 1 heterocycles. The molecule has 0 aromatic rings. The highest BCUT2D eigenvalue weighted by molar-refractivity contribution is 5.87. The van der Waals surface area contributed by atoms with Crippen molar-refractivity contribution in [3.8, 4) is 0 Å². The molecule has 1 rings (SSSR count). The lowest BCUT2D eigenvalue weighted by Crippen LogP contribution is -2.38. The van der Waals surface area contributed by atoms with Gasteiger partial charge < -0.3 is 14.2 Å². The van der Waals surface area contributed by atoms with Gasteiger partial charge in [-0.3, -0.25) is 0 Å². The third-order valence-electron chi connectivity index (χ3n) is 2.24. The monoisotopic (exact) mass is 228 g/mol. The first kappa shape index (κ1) is 13.2. The van der Waals surface area contributed by atoms with Gasteiger partial charge in [0.1, 0.15) is 0 Å². The Kier molecular flexibility index (Phi) is 4.50. The molecule has 0 N–H and O–H groups in total. The van der Waals surface area contributed by atoms with Gasteiger partial charge >= 0.3 is 5.97 Å². The lowest BCUT2D eigenvalue weighted by Gasteiger charge is -2.32. The molecule has 16 heavy (non-hydrogen) atoms. The van der Waals surface area contributed by atoms with Gasteiger partial charge in [0.25, 0.3) is 0 Å². The largest absolute Gasteiger partial charge is 0.430 e. The number of carbonyl (C=O) groups excluding carboxylic acids is 1. The van der Waals surface area contributed by atoms with Crippen molar-refractivity contribution >= 4 is 5.97 Å². The van der Waals surface area contributed by atoms with Gasteiger partial charge in [0.15, 0.2) is 6.29 Å². The van der Waals surface area contributed by atoms with E-state index >= 15 is 0 Å². The fourth-order valence-corrected chi connectivity index (χ4v) is 1.46. The molecule has 92 valence electrons. The van der Waals surface area contributed by atoms with Crippen LogP contribution in [0.3, 0.4) is 0 Å². The Morgan fingerprint density at radius 2 is 2.12 bits per heavy atom. The number of rotatable bonds is 4. The predicted octanol–water partition coefficient (Wildman–Crippen LogP) is 2.39. The molecule has 4 nitrogen and oxygen atoms in total. The van der Waals surface area contributed by atoms with E-state index in [0.29, 0.717) is 12.2 Å². The van der Waals surface area contributed by atoms with Gasteiger partial charge in [0.2, 0.25) is 5.79 Å². The minimum Gasteiger partial charge on any atom is -0.430 e. The Bertz CT molecular complexity index is 264. The summed E-state index contributed by atoms with van der Waals surface area (Å²) in [4.78, 5) is 11.4.